The second-order valence-corrected chi connectivity index (χ2v) is 5.93. The van der Waals surface area contributed by atoms with Crippen molar-refractivity contribution >= 4 is 16.7 Å². The Morgan fingerprint density at radius 3 is 2.39 bits per heavy atom. The van der Waals surface area contributed by atoms with E-state index in [0.29, 0.717) is 6.04 Å². The van der Waals surface area contributed by atoms with Gasteiger partial charge in [0, 0.05) is 18.7 Å². The molecular weight excluding hydrogens is 288 g/mol. The first-order valence-corrected chi connectivity index (χ1v) is 7.95. The molecule has 1 aromatic heterocycles. The summed E-state index contributed by atoms with van der Waals surface area (Å²) in [5.74, 6) is 0.114. The second-order valence-electron chi connectivity index (χ2n) is 5.93. The van der Waals surface area contributed by atoms with Crippen LogP contribution in [0.15, 0.2) is 54.9 Å². The van der Waals surface area contributed by atoms with Gasteiger partial charge in [-0.25, -0.2) is 0 Å². The highest BCUT2D eigenvalue weighted by atomic mass is 16.2. The van der Waals surface area contributed by atoms with Gasteiger partial charge < -0.3 is 4.90 Å². The molecule has 1 aliphatic heterocycles. The van der Waals surface area contributed by atoms with Crippen molar-refractivity contribution in [2.45, 2.75) is 18.9 Å². The molecule has 0 spiro atoms. The fraction of sp³-hybridized carbons (Fsp3) is 0.278. The highest BCUT2D eigenvalue weighted by Gasteiger charge is 2.25. The number of hydrogen-bond donors (Lipinski definition) is 0. The van der Waals surface area contributed by atoms with Crippen molar-refractivity contribution in [3.8, 4) is 0 Å². The summed E-state index contributed by atoms with van der Waals surface area (Å²) in [6.45, 7) is 1.50. The lowest BCUT2D eigenvalue weighted by atomic mass is 10.0. The zero-order chi connectivity index (χ0) is 15.6. The van der Waals surface area contributed by atoms with Gasteiger partial charge in [-0.1, -0.05) is 30.3 Å². The molecule has 0 unspecified atom stereocenters. The van der Waals surface area contributed by atoms with Crippen molar-refractivity contribution < 1.29 is 4.79 Å². The molecule has 5 nitrogen and oxygen atoms in total. The van der Waals surface area contributed by atoms with Gasteiger partial charge in [-0.05, 0) is 35.7 Å². The molecule has 0 aliphatic carbocycles. The molecule has 0 N–H and O–H groups in total. The van der Waals surface area contributed by atoms with E-state index in [-0.39, 0.29) is 5.91 Å². The van der Waals surface area contributed by atoms with Gasteiger partial charge in [0.05, 0.1) is 18.4 Å². The second kappa shape index (κ2) is 5.83. The van der Waals surface area contributed by atoms with E-state index in [1.807, 2.05) is 41.3 Å². The fourth-order valence-electron chi connectivity index (χ4n) is 3.22. The van der Waals surface area contributed by atoms with Gasteiger partial charge in [-0.2, -0.15) is 15.0 Å². The van der Waals surface area contributed by atoms with Gasteiger partial charge in [0.25, 0.3) is 5.91 Å². The van der Waals surface area contributed by atoms with E-state index in [2.05, 4.69) is 16.3 Å². The topological polar surface area (TPSA) is 51.0 Å². The third kappa shape index (κ3) is 2.70. The average molecular weight is 306 g/mol. The van der Waals surface area contributed by atoms with Crippen LogP contribution < -0.4 is 0 Å². The van der Waals surface area contributed by atoms with Gasteiger partial charge in [-0.15, -0.1) is 0 Å². The van der Waals surface area contributed by atoms with Crippen LogP contribution in [0.5, 0.6) is 0 Å². The highest BCUT2D eigenvalue weighted by Crippen LogP contribution is 2.23. The minimum Gasteiger partial charge on any atom is -0.338 e. The fourth-order valence-corrected chi connectivity index (χ4v) is 3.22. The molecule has 23 heavy (non-hydrogen) atoms. The van der Waals surface area contributed by atoms with Crippen LogP contribution in [-0.4, -0.2) is 38.9 Å². The van der Waals surface area contributed by atoms with Crippen molar-refractivity contribution in [1.82, 2.24) is 19.9 Å². The third-order valence-electron chi connectivity index (χ3n) is 4.51. The summed E-state index contributed by atoms with van der Waals surface area (Å²) in [5.41, 5.74) is 0.763. The van der Waals surface area contributed by atoms with Crippen LogP contribution in [0.25, 0.3) is 10.8 Å². The molecule has 1 aliphatic rings. The molecule has 4 rings (SSSR count). The maximum atomic E-state index is 12.7. The maximum absolute atomic E-state index is 12.7. The monoisotopic (exact) mass is 306 g/mol. The summed E-state index contributed by atoms with van der Waals surface area (Å²) in [6, 6.07) is 14.3. The first kappa shape index (κ1) is 13.9. The Balaban J connectivity index is 1.48. The molecular formula is C18H18N4O. The number of benzene rings is 2. The number of carbonyl (C=O) groups excluding carboxylic acids is 1. The predicted molar refractivity (Wildman–Crippen MR) is 88.1 cm³/mol. The van der Waals surface area contributed by atoms with Crippen molar-refractivity contribution in [2.24, 2.45) is 0 Å². The summed E-state index contributed by atoms with van der Waals surface area (Å²) < 4.78 is 0. The van der Waals surface area contributed by atoms with Crippen LogP contribution in [0.3, 0.4) is 0 Å². The maximum Gasteiger partial charge on any atom is 0.253 e. The van der Waals surface area contributed by atoms with E-state index >= 15 is 0 Å². The zero-order valence-electron chi connectivity index (χ0n) is 12.8. The zero-order valence-corrected chi connectivity index (χ0v) is 12.8. The lowest BCUT2D eigenvalue weighted by Crippen LogP contribution is -2.39. The van der Waals surface area contributed by atoms with Gasteiger partial charge >= 0.3 is 0 Å². The lowest BCUT2D eigenvalue weighted by Gasteiger charge is -2.31. The molecule has 2 heterocycles. The molecule has 1 saturated heterocycles. The molecule has 1 fully saturated rings. The Morgan fingerprint density at radius 1 is 0.957 bits per heavy atom. The molecule has 5 heteroatoms. The van der Waals surface area contributed by atoms with Gasteiger partial charge in [0.1, 0.15) is 0 Å². The molecule has 1 amide bonds. The number of piperidine rings is 1. The Hall–Kier alpha value is -2.69. The number of aromatic nitrogens is 3. The molecule has 2 aromatic carbocycles. The van der Waals surface area contributed by atoms with Crippen LogP contribution in [0, 0.1) is 0 Å². The van der Waals surface area contributed by atoms with E-state index in [1.54, 1.807) is 17.2 Å². The number of carbonyl (C=O) groups is 1. The summed E-state index contributed by atoms with van der Waals surface area (Å²) in [7, 11) is 0. The molecule has 0 saturated carbocycles. The molecule has 3 aromatic rings. The van der Waals surface area contributed by atoms with Crippen molar-refractivity contribution in [1.29, 1.82) is 0 Å². The summed E-state index contributed by atoms with van der Waals surface area (Å²) in [5, 5.41) is 10.7. The quantitative estimate of drug-likeness (QED) is 0.731. The standard InChI is InChI=1S/C18H18N4O/c23-18(16-6-5-14-3-1-2-4-15(14)13-16)21-11-7-17(8-12-21)22-19-9-10-20-22/h1-6,9-10,13,17H,7-8,11-12H2. The minimum atomic E-state index is 0.114. The van der Waals surface area contributed by atoms with Crippen molar-refractivity contribution in [3.63, 3.8) is 0 Å². The smallest absolute Gasteiger partial charge is 0.253 e. The van der Waals surface area contributed by atoms with E-state index in [0.717, 1.165) is 42.3 Å². The van der Waals surface area contributed by atoms with Crippen LogP contribution in [0.2, 0.25) is 0 Å². The number of likely N-dealkylation sites (tertiary alicyclic amines) is 1. The van der Waals surface area contributed by atoms with Crippen molar-refractivity contribution in [3.05, 3.63) is 60.4 Å². The summed E-state index contributed by atoms with van der Waals surface area (Å²) in [4.78, 5) is 16.4. The SMILES string of the molecule is O=C(c1ccc2ccccc2c1)N1CCC(n2nccn2)CC1. The third-order valence-corrected chi connectivity index (χ3v) is 4.51. The first-order chi connectivity index (χ1) is 11.3. The Kier molecular flexibility index (Phi) is 3.54. The largest absolute Gasteiger partial charge is 0.338 e. The average Bonchev–Trinajstić information content (AvgIpc) is 3.15. The van der Waals surface area contributed by atoms with Crippen LogP contribution in [0.4, 0.5) is 0 Å². The van der Waals surface area contributed by atoms with Gasteiger partial charge in [-0.3, -0.25) is 4.79 Å². The summed E-state index contributed by atoms with van der Waals surface area (Å²) in [6.07, 6.45) is 5.20. The Morgan fingerprint density at radius 2 is 1.65 bits per heavy atom. The number of fused-ring (bicyclic) bond motifs is 1. The number of hydrogen-bond acceptors (Lipinski definition) is 3. The number of rotatable bonds is 2. The van der Waals surface area contributed by atoms with Crippen LogP contribution >= 0.6 is 0 Å². The summed E-state index contributed by atoms with van der Waals surface area (Å²) >= 11 is 0. The normalized spacial score (nSPS) is 15.9. The van der Waals surface area contributed by atoms with E-state index in [4.69, 9.17) is 0 Å². The Labute approximate surface area is 134 Å². The molecule has 0 radical (unpaired) electrons. The predicted octanol–water partition coefficient (Wildman–Crippen LogP) is 2.91. The van der Waals surface area contributed by atoms with Crippen LogP contribution in [-0.2, 0) is 0 Å². The molecule has 0 atom stereocenters. The number of nitrogens with zero attached hydrogens (tertiary/aromatic N) is 4. The minimum absolute atomic E-state index is 0.114. The van der Waals surface area contributed by atoms with Crippen molar-refractivity contribution in [2.75, 3.05) is 13.1 Å². The van der Waals surface area contributed by atoms with E-state index < -0.39 is 0 Å². The first-order valence-electron chi connectivity index (χ1n) is 7.95. The van der Waals surface area contributed by atoms with E-state index in [9.17, 15) is 4.79 Å². The number of amides is 1. The van der Waals surface area contributed by atoms with Gasteiger partial charge in [0.15, 0.2) is 0 Å². The van der Waals surface area contributed by atoms with E-state index in [1.165, 1.54) is 0 Å². The Bertz CT molecular complexity index is 820. The molecule has 116 valence electrons. The lowest BCUT2D eigenvalue weighted by molar-refractivity contribution is 0.0684. The van der Waals surface area contributed by atoms with Gasteiger partial charge in [0.2, 0.25) is 0 Å². The highest BCUT2D eigenvalue weighted by molar-refractivity contribution is 5.98. The van der Waals surface area contributed by atoms with Crippen LogP contribution in [0.1, 0.15) is 29.2 Å². The molecule has 0 bridgehead atoms.